The molecule has 8 heteroatoms. The van der Waals surface area contributed by atoms with Crippen LogP contribution in [0, 0.1) is 5.92 Å². The number of amides is 1. The highest BCUT2D eigenvalue weighted by Crippen LogP contribution is 2.33. The quantitative estimate of drug-likeness (QED) is 0.916. The molecule has 1 amide bonds. The van der Waals surface area contributed by atoms with Crippen molar-refractivity contribution >= 4 is 46.4 Å². The molecule has 110 valence electrons. The summed E-state index contributed by atoms with van der Waals surface area (Å²) >= 11 is 12.9. The number of nitrogens with zero attached hydrogens (tertiary/aromatic N) is 1. The fourth-order valence-corrected chi connectivity index (χ4v) is 3.70. The second-order valence-electron chi connectivity index (χ2n) is 4.38. The molecule has 1 aliphatic heterocycles. The van der Waals surface area contributed by atoms with Crippen molar-refractivity contribution in [2.45, 2.75) is 13.0 Å². The molecule has 0 spiro atoms. The van der Waals surface area contributed by atoms with Gasteiger partial charge >= 0.3 is 5.97 Å². The van der Waals surface area contributed by atoms with Crippen LogP contribution < -0.4 is 0 Å². The van der Waals surface area contributed by atoms with E-state index in [2.05, 4.69) is 0 Å². The van der Waals surface area contributed by atoms with Crippen LogP contribution in [0.15, 0.2) is 6.07 Å². The summed E-state index contributed by atoms with van der Waals surface area (Å²) in [7, 11) is 0. The maximum Gasteiger partial charge on any atom is 0.311 e. The van der Waals surface area contributed by atoms with Gasteiger partial charge in [0.2, 0.25) is 0 Å². The van der Waals surface area contributed by atoms with Gasteiger partial charge in [0, 0.05) is 6.54 Å². The average Bonchev–Trinajstić information content (AvgIpc) is 2.97. The highest BCUT2D eigenvalue weighted by atomic mass is 35.5. The zero-order valence-corrected chi connectivity index (χ0v) is 13.0. The lowest BCUT2D eigenvalue weighted by Gasteiger charge is -2.29. The number of carbonyl (C=O) groups is 2. The van der Waals surface area contributed by atoms with Gasteiger partial charge < -0.3 is 14.7 Å². The minimum atomic E-state index is -0.965. The number of aliphatic carboxylic acids is 1. The lowest BCUT2D eigenvalue weighted by molar-refractivity contribution is -0.142. The van der Waals surface area contributed by atoms with Gasteiger partial charge in [0.25, 0.3) is 5.91 Å². The molecule has 0 bridgehead atoms. The molecule has 2 unspecified atom stereocenters. The van der Waals surface area contributed by atoms with E-state index in [0.29, 0.717) is 20.8 Å². The summed E-state index contributed by atoms with van der Waals surface area (Å²) in [4.78, 5) is 25.2. The Balaban J connectivity index is 2.26. The van der Waals surface area contributed by atoms with Gasteiger partial charge in [-0.05, 0) is 13.0 Å². The summed E-state index contributed by atoms with van der Waals surface area (Å²) in [5.41, 5.74) is 0.305. The Morgan fingerprint density at radius 3 is 2.70 bits per heavy atom. The van der Waals surface area contributed by atoms with E-state index in [1.165, 1.54) is 11.0 Å². The SMILES string of the molecule is CCN(C(=O)c1cc(Cl)sc1Cl)C1COCC1C(=O)O. The molecule has 0 radical (unpaired) electrons. The standard InChI is InChI=1S/C12H13Cl2NO4S/c1-2-15(8-5-19-4-7(8)12(17)18)11(16)6-3-9(13)20-10(6)14/h3,7-8H,2,4-5H2,1H3,(H,17,18). The van der Waals surface area contributed by atoms with E-state index in [1.54, 1.807) is 6.92 Å². The zero-order valence-electron chi connectivity index (χ0n) is 10.6. The van der Waals surface area contributed by atoms with E-state index in [0.717, 1.165) is 11.3 Å². The molecule has 0 aliphatic carbocycles. The number of hydrogen-bond acceptors (Lipinski definition) is 4. The Labute approximate surface area is 130 Å². The van der Waals surface area contributed by atoms with Crippen LogP contribution in [0.5, 0.6) is 0 Å². The predicted octanol–water partition coefficient (Wildman–Crippen LogP) is 2.62. The number of rotatable bonds is 4. The van der Waals surface area contributed by atoms with Crippen molar-refractivity contribution in [2.24, 2.45) is 5.92 Å². The van der Waals surface area contributed by atoms with Gasteiger partial charge in [-0.2, -0.15) is 0 Å². The van der Waals surface area contributed by atoms with Gasteiger partial charge in [0.05, 0.1) is 29.2 Å². The number of carbonyl (C=O) groups excluding carboxylic acids is 1. The van der Waals surface area contributed by atoms with Crippen LogP contribution in [0.2, 0.25) is 8.67 Å². The first-order valence-electron chi connectivity index (χ1n) is 6.02. The van der Waals surface area contributed by atoms with Crippen molar-refractivity contribution < 1.29 is 19.4 Å². The maximum atomic E-state index is 12.5. The molecule has 20 heavy (non-hydrogen) atoms. The summed E-state index contributed by atoms with van der Waals surface area (Å²) in [6.07, 6.45) is 0. The van der Waals surface area contributed by atoms with Crippen LogP contribution in [0.4, 0.5) is 0 Å². The summed E-state index contributed by atoms with van der Waals surface area (Å²) in [6.45, 7) is 2.49. The van der Waals surface area contributed by atoms with Gasteiger partial charge in [-0.25, -0.2) is 0 Å². The van der Waals surface area contributed by atoms with E-state index in [-0.39, 0.29) is 19.1 Å². The molecule has 0 saturated carbocycles. The third kappa shape index (κ3) is 2.93. The minimum absolute atomic E-state index is 0.113. The van der Waals surface area contributed by atoms with Crippen molar-refractivity contribution in [1.82, 2.24) is 4.90 Å². The summed E-state index contributed by atoms with van der Waals surface area (Å²) < 4.78 is 5.94. The monoisotopic (exact) mass is 337 g/mol. The van der Waals surface area contributed by atoms with Crippen LogP contribution in [0.3, 0.4) is 0 Å². The third-order valence-corrected chi connectivity index (χ3v) is 4.74. The van der Waals surface area contributed by atoms with E-state index in [9.17, 15) is 14.7 Å². The van der Waals surface area contributed by atoms with Crippen molar-refractivity contribution in [3.8, 4) is 0 Å². The molecule has 1 N–H and O–H groups in total. The van der Waals surface area contributed by atoms with E-state index >= 15 is 0 Å². The molecule has 1 aromatic heterocycles. The van der Waals surface area contributed by atoms with Crippen molar-refractivity contribution in [1.29, 1.82) is 0 Å². The van der Waals surface area contributed by atoms with Gasteiger partial charge in [-0.3, -0.25) is 9.59 Å². The first-order chi connectivity index (χ1) is 9.45. The molecule has 1 fully saturated rings. The van der Waals surface area contributed by atoms with Crippen LogP contribution >= 0.6 is 34.5 Å². The molecule has 2 atom stereocenters. The molecule has 2 rings (SSSR count). The van der Waals surface area contributed by atoms with Crippen molar-refractivity contribution in [2.75, 3.05) is 19.8 Å². The number of carboxylic acids is 1. The number of carboxylic acid groups (broad SMARTS) is 1. The Kier molecular flexibility index (Phi) is 4.90. The molecule has 1 aromatic rings. The lowest BCUT2D eigenvalue weighted by Crippen LogP contribution is -2.46. The Hall–Kier alpha value is -0.820. The van der Waals surface area contributed by atoms with Gasteiger partial charge in [-0.15, -0.1) is 11.3 Å². The Bertz CT molecular complexity index is 534. The second-order valence-corrected chi connectivity index (χ2v) is 6.66. The molecular weight excluding hydrogens is 325 g/mol. The normalized spacial score (nSPS) is 21.9. The minimum Gasteiger partial charge on any atom is -0.481 e. The predicted molar refractivity (Wildman–Crippen MR) is 76.8 cm³/mol. The summed E-state index contributed by atoms with van der Waals surface area (Å²) in [5, 5.41) is 9.18. The fraction of sp³-hybridized carbons (Fsp3) is 0.500. The summed E-state index contributed by atoms with van der Waals surface area (Å²) in [6, 6.07) is 1.02. The van der Waals surface area contributed by atoms with Crippen LogP contribution in [-0.4, -0.2) is 47.7 Å². The average molecular weight is 338 g/mol. The Morgan fingerprint density at radius 1 is 1.50 bits per heavy atom. The number of halogens is 2. The number of hydrogen-bond donors (Lipinski definition) is 1. The number of ether oxygens (including phenoxy) is 1. The van der Waals surface area contributed by atoms with Gasteiger partial charge in [0.1, 0.15) is 10.3 Å². The first kappa shape index (κ1) is 15.6. The highest BCUT2D eigenvalue weighted by Gasteiger charge is 2.40. The fourth-order valence-electron chi connectivity index (χ4n) is 2.26. The number of thiophene rings is 1. The molecule has 5 nitrogen and oxygen atoms in total. The topological polar surface area (TPSA) is 66.8 Å². The van der Waals surface area contributed by atoms with Crippen LogP contribution in [-0.2, 0) is 9.53 Å². The van der Waals surface area contributed by atoms with Crippen LogP contribution in [0.25, 0.3) is 0 Å². The van der Waals surface area contributed by atoms with Crippen molar-refractivity contribution in [3.05, 3.63) is 20.3 Å². The number of likely N-dealkylation sites (N-methyl/N-ethyl adjacent to an activating group) is 1. The van der Waals surface area contributed by atoms with E-state index in [1.807, 2.05) is 0 Å². The first-order valence-corrected chi connectivity index (χ1v) is 7.59. The lowest BCUT2D eigenvalue weighted by atomic mass is 10.0. The third-order valence-electron chi connectivity index (χ3n) is 3.26. The van der Waals surface area contributed by atoms with Gasteiger partial charge in [0.15, 0.2) is 0 Å². The zero-order chi connectivity index (χ0) is 14.9. The van der Waals surface area contributed by atoms with Crippen molar-refractivity contribution in [3.63, 3.8) is 0 Å². The second kappa shape index (κ2) is 6.30. The molecule has 2 heterocycles. The van der Waals surface area contributed by atoms with E-state index in [4.69, 9.17) is 27.9 Å². The molecule has 1 aliphatic rings. The van der Waals surface area contributed by atoms with E-state index < -0.39 is 17.9 Å². The maximum absolute atomic E-state index is 12.5. The smallest absolute Gasteiger partial charge is 0.311 e. The Morgan fingerprint density at radius 2 is 2.20 bits per heavy atom. The molecule has 1 saturated heterocycles. The molecular formula is C12H13Cl2NO4S. The largest absolute Gasteiger partial charge is 0.481 e. The highest BCUT2D eigenvalue weighted by molar-refractivity contribution is 7.20. The molecule has 0 aromatic carbocycles. The van der Waals surface area contributed by atoms with Gasteiger partial charge in [-0.1, -0.05) is 23.2 Å². The summed E-state index contributed by atoms with van der Waals surface area (Å²) in [5.74, 6) is -2.00. The van der Waals surface area contributed by atoms with Crippen LogP contribution in [0.1, 0.15) is 17.3 Å².